The Kier molecular flexibility index (Phi) is 8.24. The van der Waals surface area contributed by atoms with Crippen molar-refractivity contribution in [2.75, 3.05) is 33.4 Å². The monoisotopic (exact) mass is 263 g/mol. The molecule has 0 bridgehead atoms. The van der Waals surface area contributed by atoms with Gasteiger partial charge in [0.05, 0.1) is 19.7 Å². The molecule has 0 fully saturated rings. The van der Waals surface area contributed by atoms with Crippen molar-refractivity contribution in [3.63, 3.8) is 0 Å². The molecule has 1 unspecified atom stereocenters. The summed E-state index contributed by atoms with van der Waals surface area (Å²) in [5.74, 6) is -1.84. The standard InChI is InChI=1S/C9H17N3O6/c1-18-3-2-10-7(14)5-12-9(17)11-4-6(13)8(15)16/h6,13H,2-5H2,1H3,(H,10,14)(H,15,16)(H2,11,12,17). The highest BCUT2D eigenvalue weighted by molar-refractivity contribution is 5.84. The molecule has 0 aromatic heterocycles. The van der Waals surface area contributed by atoms with Crippen LogP contribution in [0.15, 0.2) is 0 Å². The molecule has 0 spiro atoms. The summed E-state index contributed by atoms with van der Waals surface area (Å²) in [7, 11) is 1.49. The van der Waals surface area contributed by atoms with Gasteiger partial charge in [0.1, 0.15) is 0 Å². The van der Waals surface area contributed by atoms with Crippen LogP contribution in [0.25, 0.3) is 0 Å². The second kappa shape index (κ2) is 9.19. The van der Waals surface area contributed by atoms with E-state index in [1.54, 1.807) is 0 Å². The molecule has 18 heavy (non-hydrogen) atoms. The highest BCUT2D eigenvalue weighted by Crippen LogP contribution is 1.79. The fourth-order valence-corrected chi connectivity index (χ4v) is 0.855. The second-order valence-corrected chi connectivity index (χ2v) is 3.26. The smallest absolute Gasteiger partial charge is 0.334 e. The fourth-order valence-electron chi connectivity index (χ4n) is 0.855. The van der Waals surface area contributed by atoms with Gasteiger partial charge in [-0.2, -0.15) is 0 Å². The number of aliphatic hydroxyl groups excluding tert-OH is 1. The first-order valence-electron chi connectivity index (χ1n) is 5.15. The van der Waals surface area contributed by atoms with Gasteiger partial charge in [-0.25, -0.2) is 9.59 Å². The number of methoxy groups -OCH3 is 1. The van der Waals surface area contributed by atoms with Gasteiger partial charge in [-0.3, -0.25) is 4.79 Å². The molecule has 0 heterocycles. The molecule has 9 heteroatoms. The van der Waals surface area contributed by atoms with Crippen LogP contribution in [0.4, 0.5) is 4.79 Å². The number of hydrogen-bond donors (Lipinski definition) is 5. The van der Waals surface area contributed by atoms with Gasteiger partial charge < -0.3 is 30.9 Å². The number of carbonyl (C=O) groups is 3. The molecule has 9 nitrogen and oxygen atoms in total. The number of ether oxygens (including phenoxy) is 1. The largest absolute Gasteiger partial charge is 0.479 e. The number of aliphatic hydroxyl groups is 1. The first-order valence-corrected chi connectivity index (χ1v) is 5.15. The molecule has 0 saturated carbocycles. The van der Waals surface area contributed by atoms with Crippen molar-refractivity contribution in [1.82, 2.24) is 16.0 Å². The second-order valence-electron chi connectivity index (χ2n) is 3.26. The Morgan fingerprint density at radius 1 is 1.22 bits per heavy atom. The Bertz CT molecular complexity index is 296. The highest BCUT2D eigenvalue weighted by atomic mass is 16.5. The molecule has 0 aromatic carbocycles. The van der Waals surface area contributed by atoms with Crippen LogP contribution in [0, 0.1) is 0 Å². The predicted octanol–water partition coefficient (Wildman–Crippen LogP) is -2.51. The summed E-state index contributed by atoms with van der Waals surface area (Å²) in [5.41, 5.74) is 0. The molecule has 5 N–H and O–H groups in total. The number of urea groups is 1. The van der Waals surface area contributed by atoms with E-state index in [1.165, 1.54) is 7.11 Å². The Balaban J connectivity index is 3.64. The van der Waals surface area contributed by atoms with E-state index in [1.807, 2.05) is 0 Å². The molecule has 3 amide bonds. The minimum absolute atomic E-state index is 0.251. The minimum Gasteiger partial charge on any atom is -0.479 e. The van der Waals surface area contributed by atoms with E-state index in [9.17, 15) is 14.4 Å². The van der Waals surface area contributed by atoms with Crippen molar-refractivity contribution >= 4 is 17.9 Å². The summed E-state index contributed by atoms with van der Waals surface area (Å²) in [6.45, 7) is 0.00424. The van der Waals surface area contributed by atoms with Gasteiger partial charge in [0.25, 0.3) is 0 Å². The number of amides is 3. The lowest BCUT2D eigenvalue weighted by Crippen LogP contribution is -2.45. The molecule has 1 atom stereocenters. The zero-order valence-corrected chi connectivity index (χ0v) is 9.93. The molecular formula is C9H17N3O6. The van der Waals surface area contributed by atoms with E-state index < -0.39 is 30.6 Å². The Morgan fingerprint density at radius 3 is 2.44 bits per heavy atom. The first kappa shape index (κ1) is 16.1. The van der Waals surface area contributed by atoms with Crippen LogP contribution in [-0.2, 0) is 14.3 Å². The maximum absolute atomic E-state index is 11.1. The third kappa shape index (κ3) is 8.30. The van der Waals surface area contributed by atoms with Gasteiger partial charge in [0, 0.05) is 13.7 Å². The lowest BCUT2D eigenvalue weighted by Gasteiger charge is -2.09. The van der Waals surface area contributed by atoms with Crippen LogP contribution >= 0.6 is 0 Å². The van der Waals surface area contributed by atoms with E-state index in [-0.39, 0.29) is 6.54 Å². The zero-order chi connectivity index (χ0) is 14.0. The minimum atomic E-state index is -1.67. The Hall–Kier alpha value is -1.87. The van der Waals surface area contributed by atoms with E-state index >= 15 is 0 Å². The maximum Gasteiger partial charge on any atom is 0.334 e. The number of aliphatic carboxylic acids is 1. The average Bonchev–Trinajstić information content (AvgIpc) is 2.33. The number of nitrogens with one attached hydrogen (secondary N) is 3. The van der Waals surface area contributed by atoms with Crippen molar-refractivity contribution in [2.24, 2.45) is 0 Å². The zero-order valence-electron chi connectivity index (χ0n) is 9.93. The number of carbonyl (C=O) groups excluding carboxylic acids is 2. The molecule has 104 valence electrons. The molecule has 0 radical (unpaired) electrons. The average molecular weight is 263 g/mol. The van der Waals surface area contributed by atoms with Gasteiger partial charge in [0.15, 0.2) is 6.10 Å². The lowest BCUT2D eigenvalue weighted by atomic mass is 10.4. The van der Waals surface area contributed by atoms with Crippen LogP contribution in [-0.4, -0.2) is 67.6 Å². The Labute approximate surface area is 103 Å². The van der Waals surface area contributed by atoms with Crippen LogP contribution < -0.4 is 16.0 Å². The van der Waals surface area contributed by atoms with E-state index in [0.717, 1.165) is 0 Å². The Morgan fingerprint density at radius 2 is 1.89 bits per heavy atom. The quantitative estimate of drug-likeness (QED) is 0.307. The first-order chi connectivity index (χ1) is 8.47. The van der Waals surface area contributed by atoms with Crippen LogP contribution in [0.5, 0.6) is 0 Å². The molecule has 0 rings (SSSR count). The van der Waals surface area contributed by atoms with Crippen molar-refractivity contribution in [3.8, 4) is 0 Å². The van der Waals surface area contributed by atoms with Gasteiger partial charge in [0.2, 0.25) is 5.91 Å². The molecule has 0 aromatic rings. The lowest BCUT2D eigenvalue weighted by molar-refractivity contribution is -0.146. The van der Waals surface area contributed by atoms with Crippen LogP contribution in [0.1, 0.15) is 0 Å². The topological polar surface area (TPSA) is 137 Å². The third-order valence-electron chi connectivity index (χ3n) is 1.78. The number of carboxylic acid groups (broad SMARTS) is 1. The molecular weight excluding hydrogens is 246 g/mol. The number of carboxylic acids is 1. The van der Waals surface area contributed by atoms with E-state index in [2.05, 4.69) is 16.0 Å². The maximum atomic E-state index is 11.1. The van der Waals surface area contributed by atoms with Gasteiger partial charge in [-0.05, 0) is 0 Å². The third-order valence-corrected chi connectivity index (χ3v) is 1.78. The normalized spacial score (nSPS) is 11.4. The number of hydrogen-bond acceptors (Lipinski definition) is 5. The van der Waals surface area contributed by atoms with Gasteiger partial charge in [-0.1, -0.05) is 0 Å². The fraction of sp³-hybridized carbons (Fsp3) is 0.667. The van der Waals surface area contributed by atoms with E-state index in [0.29, 0.717) is 13.2 Å². The van der Waals surface area contributed by atoms with Crippen LogP contribution in [0.2, 0.25) is 0 Å². The predicted molar refractivity (Wildman–Crippen MR) is 59.9 cm³/mol. The molecule has 0 aliphatic rings. The summed E-state index contributed by atoms with van der Waals surface area (Å²) in [6.07, 6.45) is -1.67. The van der Waals surface area contributed by atoms with Crippen molar-refractivity contribution in [1.29, 1.82) is 0 Å². The summed E-state index contributed by atoms with van der Waals surface area (Å²) in [4.78, 5) is 32.4. The number of rotatable bonds is 8. The highest BCUT2D eigenvalue weighted by Gasteiger charge is 2.14. The summed E-state index contributed by atoms with van der Waals surface area (Å²) in [5, 5.41) is 24.0. The van der Waals surface area contributed by atoms with Crippen molar-refractivity contribution in [2.45, 2.75) is 6.10 Å². The summed E-state index contributed by atoms with van der Waals surface area (Å²) >= 11 is 0. The summed E-state index contributed by atoms with van der Waals surface area (Å²) in [6, 6.07) is -0.739. The summed E-state index contributed by atoms with van der Waals surface area (Å²) < 4.78 is 4.71. The van der Waals surface area contributed by atoms with E-state index in [4.69, 9.17) is 14.9 Å². The van der Waals surface area contributed by atoms with Crippen molar-refractivity contribution in [3.05, 3.63) is 0 Å². The van der Waals surface area contributed by atoms with Crippen LogP contribution in [0.3, 0.4) is 0 Å². The van der Waals surface area contributed by atoms with Gasteiger partial charge in [-0.15, -0.1) is 0 Å². The van der Waals surface area contributed by atoms with Crippen molar-refractivity contribution < 1.29 is 29.3 Å². The molecule has 0 saturated heterocycles. The SMILES string of the molecule is COCCNC(=O)CNC(=O)NCC(O)C(=O)O. The van der Waals surface area contributed by atoms with Gasteiger partial charge >= 0.3 is 12.0 Å². The molecule has 0 aliphatic carbocycles. The molecule has 0 aliphatic heterocycles.